The molecule has 2 heteroatoms. The normalized spacial score (nSPS) is 21.1. The fourth-order valence-electron chi connectivity index (χ4n) is 4.44. The van der Waals surface area contributed by atoms with Crippen molar-refractivity contribution in [3.05, 3.63) is 71.8 Å². The van der Waals surface area contributed by atoms with Crippen molar-refractivity contribution >= 4 is 0 Å². The monoisotopic (exact) mass is 306 g/mol. The van der Waals surface area contributed by atoms with E-state index in [1.807, 2.05) is 0 Å². The minimum absolute atomic E-state index is 0.395. The summed E-state index contributed by atoms with van der Waals surface area (Å²) in [5.41, 5.74) is 3.39. The molecule has 1 spiro atoms. The maximum Gasteiger partial charge on any atom is 0.0601 e. The fraction of sp³-hybridized carbons (Fsp3) is 0.429. The van der Waals surface area contributed by atoms with Gasteiger partial charge in [0.15, 0.2) is 0 Å². The number of hydrogen-bond donors (Lipinski definition) is 1. The summed E-state index contributed by atoms with van der Waals surface area (Å²) < 4.78 is 0. The minimum Gasteiger partial charge on any atom is -0.317 e. The van der Waals surface area contributed by atoms with Gasteiger partial charge in [0.25, 0.3) is 0 Å². The number of nitrogens with one attached hydrogen (secondary N) is 1. The lowest BCUT2D eigenvalue weighted by Crippen LogP contribution is -2.39. The SMILES string of the molecule is c1ccc(C(c2ccccc2)N2CCC3(CCNCC3)C2)cc1. The van der Waals surface area contributed by atoms with Crippen molar-refractivity contribution in [1.82, 2.24) is 10.2 Å². The molecule has 4 rings (SSSR count). The Morgan fingerprint density at radius 3 is 1.91 bits per heavy atom. The summed E-state index contributed by atoms with van der Waals surface area (Å²) in [4.78, 5) is 2.72. The third kappa shape index (κ3) is 3.06. The molecule has 120 valence electrons. The molecule has 2 aliphatic rings. The van der Waals surface area contributed by atoms with E-state index in [9.17, 15) is 0 Å². The van der Waals surface area contributed by atoms with Crippen LogP contribution in [0.3, 0.4) is 0 Å². The first-order chi connectivity index (χ1) is 11.4. The third-order valence-electron chi connectivity index (χ3n) is 5.73. The Bertz CT molecular complexity index is 577. The van der Waals surface area contributed by atoms with Gasteiger partial charge >= 0.3 is 0 Å². The molecule has 2 aromatic carbocycles. The Hall–Kier alpha value is -1.64. The molecule has 2 saturated heterocycles. The van der Waals surface area contributed by atoms with Crippen LogP contribution in [0, 0.1) is 5.41 Å². The summed E-state index contributed by atoms with van der Waals surface area (Å²) in [6, 6.07) is 22.4. The average Bonchev–Trinajstić information content (AvgIpc) is 3.01. The Morgan fingerprint density at radius 2 is 1.35 bits per heavy atom. The molecule has 0 amide bonds. The van der Waals surface area contributed by atoms with Crippen LogP contribution in [-0.2, 0) is 0 Å². The second-order valence-electron chi connectivity index (χ2n) is 7.19. The van der Waals surface area contributed by atoms with Crippen molar-refractivity contribution in [1.29, 1.82) is 0 Å². The number of rotatable bonds is 3. The summed E-state index contributed by atoms with van der Waals surface area (Å²) in [6.07, 6.45) is 4.02. The van der Waals surface area contributed by atoms with Crippen molar-refractivity contribution in [3.63, 3.8) is 0 Å². The zero-order valence-electron chi connectivity index (χ0n) is 13.7. The predicted molar refractivity (Wildman–Crippen MR) is 95.5 cm³/mol. The Labute approximate surface area is 139 Å². The van der Waals surface area contributed by atoms with Crippen LogP contribution in [0.4, 0.5) is 0 Å². The van der Waals surface area contributed by atoms with E-state index in [-0.39, 0.29) is 0 Å². The summed E-state index contributed by atoms with van der Waals surface area (Å²) in [6.45, 7) is 4.84. The largest absolute Gasteiger partial charge is 0.317 e. The highest BCUT2D eigenvalue weighted by Crippen LogP contribution is 2.43. The van der Waals surface area contributed by atoms with Crippen molar-refractivity contribution in [2.24, 2.45) is 5.41 Å². The Kier molecular flexibility index (Phi) is 4.19. The molecule has 2 fully saturated rings. The summed E-state index contributed by atoms with van der Waals surface area (Å²) in [5.74, 6) is 0. The van der Waals surface area contributed by atoms with Gasteiger partial charge in [0.1, 0.15) is 0 Å². The first-order valence-electron chi connectivity index (χ1n) is 8.91. The van der Waals surface area contributed by atoms with Crippen molar-refractivity contribution in [2.45, 2.75) is 25.3 Å². The quantitative estimate of drug-likeness (QED) is 0.926. The molecule has 0 atom stereocenters. The molecule has 0 aliphatic carbocycles. The van der Waals surface area contributed by atoms with Crippen LogP contribution in [0.15, 0.2) is 60.7 Å². The molecular weight excluding hydrogens is 280 g/mol. The van der Waals surface area contributed by atoms with Crippen molar-refractivity contribution in [3.8, 4) is 0 Å². The molecule has 0 bridgehead atoms. The molecule has 0 aromatic heterocycles. The Balaban J connectivity index is 1.64. The van der Waals surface area contributed by atoms with E-state index in [1.54, 1.807) is 0 Å². The molecule has 0 unspecified atom stereocenters. The second-order valence-corrected chi connectivity index (χ2v) is 7.19. The van der Waals surface area contributed by atoms with Crippen LogP contribution < -0.4 is 5.32 Å². The molecule has 2 aromatic rings. The van der Waals surface area contributed by atoms with Gasteiger partial charge in [-0.2, -0.15) is 0 Å². The molecule has 2 heterocycles. The van der Waals surface area contributed by atoms with Crippen LogP contribution in [0.2, 0.25) is 0 Å². The van der Waals surface area contributed by atoms with Gasteiger partial charge in [-0.3, -0.25) is 4.90 Å². The molecule has 23 heavy (non-hydrogen) atoms. The van der Waals surface area contributed by atoms with Crippen LogP contribution in [0.25, 0.3) is 0 Å². The number of nitrogens with zero attached hydrogens (tertiary/aromatic N) is 1. The number of likely N-dealkylation sites (tertiary alicyclic amines) is 1. The summed E-state index contributed by atoms with van der Waals surface area (Å²) >= 11 is 0. The van der Waals surface area contributed by atoms with Gasteiger partial charge in [0.05, 0.1) is 6.04 Å². The van der Waals surface area contributed by atoms with Gasteiger partial charge in [0.2, 0.25) is 0 Å². The van der Waals surface area contributed by atoms with E-state index in [4.69, 9.17) is 0 Å². The van der Waals surface area contributed by atoms with Crippen LogP contribution in [0.1, 0.15) is 36.4 Å². The number of benzene rings is 2. The predicted octanol–water partition coefficient (Wildman–Crippen LogP) is 3.85. The van der Waals surface area contributed by atoms with E-state index in [1.165, 1.54) is 56.6 Å². The maximum absolute atomic E-state index is 3.52. The number of piperidine rings is 1. The van der Waals surface area contributed by atoms with E-state index >= 15 is 0 Å². The van der Waals surface area contributed by atoms with Gasteiger partial charge in [-0.25, -0.2) is 0 Å². The highest BCUT2D eigenvalue weighted by molar-refractivity contribution is 5.32. The molecular formula is C21H26N2. The zero-order chi connectivity index (χ0) is 15.5. The van der Waals surface area contributed by atoms with Crippen molar-refractivity contribution in [2.75, 3.05) is 26.2 Å². The molecule has 2 nitrogen and oxygen atoms in total. The lowest BCUT2D eigenvalue weighted by atomic mass is 9.78. The van der Waals surface area contributed by atoms with E-state index in [0.29, 0.717) is 11.5 Å². The van der Waals surface area contributed by atoms with E-state index < -0.39 is 0 Å². The minimum atomic E-state index is 0.395. The molecule has 2 aliphatic heterocycles. The van der Waals surface area contributed by atoms with Gasteiger partial charge < -0.3 is 5.32 Å². The average molecular weight is 306 g/mol. The van der Waals surface area contributed by atoms with Crippen LogP contribution in [0.5, 0.6) is 0 Å². The lowest BCUT2D eigenvalue weighted by Gasteiger charge is -2.36. The van der Waals surface area contributed by atoms with E-state index in [0.717, 1.165) is 0 Å². The zero-order valence-corrected chi connectivity index (χ0v) is 13.7. The van der Waals surface area contributed by atoms with Gasteiger partial charge in [0, 0.05) is 6.54 Å². The topological polar surface area (TPSA) is 15.3 Å². The highest BCUT2D eigenvalue weighted by Gasteiger charge is 2.41. The standard InChI is InChI=1S/C21H26N2/c1-3-7-18(8-4-1)20(19-9-5-2-6-10-19)23-16-13-21(17-23)11-14-22-15-12-21/h1-10,20,22H,11-17H2. The van der Waals surface area contributed by atoms with Gasteiger partial charge in [-0.1, -0.05) is 60.7 Å². The highest BCUT2D eigenvalue weighted by atomic mass is 15.2. The fourth-order valence-corrected chi connectivity index (χ4v) is 4.44. The van der Waals surface area contributed by atoms with E-state index in [2.05, 4.69) is 70.9 Å². The Morgan fingerprint density at radius 1 is 0.783 bits per heavy atom. The summed E-state index contributed by atoms with van der Waals surface area (Å²) in [7, 11) is 0. The van der Waals surface area contributed by atoms with Gasteiger partial charge in [-0.05, 0) is 55.4 Å². The first-order valence-corrected chi connectivity index (χ1v) is 8.91. The summed E-state index contributed by atoms with van der Waals surface area (Å²) in [5, 5.41) is 3.52. The van der Waals surface area contributed by atoms with Crippen molar-refractivity contribution < 1.29 is 0 Å². The lowest BCUT2D eigenvalue weighted by molar-refractivity contribution is 0.181. The molecule has 1 N–H and O–H groups in total. The molecule has 0 radical (unpaired) electrons. The number of hydrogen-bond acceptors (Lipinski definition) is 2. The maximum atomic E-state index is 3.52. The first kappa shape index (κ1) is 14.9. The smallest absolute Gasteiger partial charge is 0.0601 e. The second kappa shape index (κ2) is 6.46. The van der Waals surface area contributed by atoms with Crippen LogP contribution in [-0.4, -0.2) is 31.1 Å². The van der Waals surface area contributed by atoms with Gasteiger partial charge in [-0.15, -0.1) is 0 Å². The third-order valence-corrected chi connectivity index (χ3v) is 5.73. The molecule has 0 saturated carbocycles. The van der Waals surface area contributed by atoms with Crippen LogP contribution >= 0.6 is 0 Å².